The molecule has 0 spiro atoms. The number of halogens is 3. The maximum atomic E-state index is 5.74. The highest BCUT2D eigenvalue weighted by molar-refractivity contribution is 6.51. The fraction of sp³-hybridized carbons (Fsp3) is 1.00. The van der Waals surface area contributed by atoms with Gasteiger partial charge in [-0.15, -0.1) is 34.8 Å². The van der Waals surface area contributed by atoms with Crippen molar-refractivity contribution in [3.8, 4) is 0 Å². The average Bonchev–Trinajstić information content (AvgIpc) is 2.09. The molecule has 0 aromatic heterocycles. The van der Waals surface area contributed by atoms with Crippen LogP contribution in [-0.4, -0.2) is 10.2 Å². The van der Waals surface area contributed by atoms with E-state index in [1.54, 1.807) is 0 Å². The Kier molecular flexibility index (Phi) is 1.69. The molecular formula is C5H7Cl3. The first-order valence-corrected chi connectivity index (χ1v) is 3.83. The molecule has 0 aromatic rings. The van der Waals surface area contributed by atoms with Crippen molar-refractivity contribution < 1.29 is 0 Å². The molecule has 1 saturated carbocycles. The van der Waals surface area contributed by atoms with E-state index in [0.717, 1.165) is 0 Å². The molecule has 0 aliphatic heterocycles. The van der Waals surface area contributed by atoms with Crippen molar-refractivity contribution >= 4 is 34.8 Å². The van der Waals surface area contributed by atoms with Crippen LogP contribution in [0.4, 0.5) is 0 Å². The van der Waals surface area contributed by atoms with Crippen molar-refractivity contribution in [1.82, 2.24) is 0 Å². The molecule has 8 heavy (non-hydrogen) atoms. The van der Waals surface area contributed by atoms with Crippen LogP contribution >= 0.6 is 34.8 Å². The SMILES string of the molecule is C[C@@H]1[C@@H](CCl)C1(Cl)Cl. The quantitative estimate of drug-likeness (QED) is 0.535. The Bertz CT molecular complexity index is 99.8. The van der Waals surface area contributed by atoms with Crippen LogP contribution in [0, 0.1) is 11.8 Å². The molecule has 0 amide bonds. The molecule has 3 heteroatoms. The predicted molar refractivity (Wildman–Crippen MR) is 37.8 cm³/mol. The van der Waals surface area contributed by atoms with Gasteiger partial charge in [0, 0.05) is 11.8 Å². The van der Waals surface area contributed by atoms with E-state index >= 15 is 0 Å². The average molecular weight is 173 g/mol. The molecule has 0 bridgehead atoms. The zero-order valence-corrected chi connectivity index (χ0v) is 6.76. The van der Waals surface area contributed by atoms with Gasteiger partial charge in [-0.2, -0.15) is 0 Å². The van der Waals surface area contributed by atoms with Crippen molar-refractivity contribution in [3.05, 3.63) is 0 Å². The summed E-state index contributed by atoms with van der Waals surface area (Å²) < 4.78 is -0.512. The van der Waals surface area contributed by atoms with Crippen LogP contribution in [0.15, 0.2) is 0 Å². The summed E-state index contributed by atoms with van der Waals surface area (Å²) in [5.74, 6) is 1.27. The van der Waals surface area contributed by atoms with Gasteiger partial charge in [-0.05, 0) is 5.92 Å². The maximum Gasteiger partial charge on any atom is 0.125 e. The van der Waals surface area contributed by atoms with Crippen LogP contribution in [0.25, 0.3) is 0 Å². The molecule has 0 aromatic carbocycles. The second-order valence-corrected chi connectivity index (χ2v) is 3.98. The minimum absolute atomic E-state index is 0.312. The number of hydrogen-bond donors (Lipinski definition) is 0. The number of hydrogen-bond acceptors (Lipinski definition) is 0. The van der Waals surface area contributed by atoms with Gasteiger partial charge in [0.1, 0.15) is 4.33 Å². The second-order valence-electron chi connectivity index (χ2n) is 2.22. The summed E-state index contributed by atoms with van der Waals surface area (Å²) in [6.07, 6.45) is 0. The second kappa shape index (κ2) is 1.93. The highest BCUT2D eigenvalue weighted by atomic mass is 35.5. The largest absolute Gasteiger partial charge is 0.126 e. The Labute approximate surface area is 64.1 Å². The monoisotopic (exact) mass is 172 g/mol. The van der Waals surface area contributed by atoms with Crippen molar-refractivity contribution in [2.45, 2.75) is 11.3 Å². The van der Waals surface area contributed by atoms with E-state index in [9.17, 15) is 0 Å². The third-order valence-electron chi connectivity index (χ3n) is 1.76. The summed E-state index contributed by atoms with van der Waals surface area (Å²) in [6, 6.07) is 0. The summed E-state index contributed by atoms with van der Waals surface area (Å²) in [5, 5.41) is 0. The van der Waals surface area contributed by atoms with Gasteiger partial charge in [-0.1, -0.05) is 6.92 Å². The van der Waals surface area contributed by atoms with E-state index in [-0.39, 0.29) is 0 Å². The molecule has 1 rings (SSSR count). The van der Waals surface area contributed by atoms with Crippen molar-refractivity contribution in [3.63, 3.8) is 0 Å². The highest BCUT2D eigenvalue weighted by Crippen LogP contribution is 2.59. The summed E-state index contributed by atoms with van der Waals surface area (Å²) in [7, 11) is 0. The summed E-state index contributed by atoms with van der Waals surface area (Å²) >= 11 is 17.0. The van der Waals surface area contributed by atoms with Crippen LogP contribution in [0.3, 0.4) is 0 Å². The van der Waals surface area contributed by atoms with Crippen molar-refractivity contribution in [1.29, 1.82) is 0 Å². The normalized spacial score (nSPS) is 42.0. The minimum atomic E-state index is -0.512. The summed E-state index contributed by atoms with van der Waals surface area (Å²) in [5.41, 5.74) is 0. The number of rotatable bonds is 1. The lowest BCUT2D eigenvalue weighted by molar-refractivity contribution is 0.841. The van der Waals surface area contributed by atoms with Gasteiger partial charge in [0.2, 0.25) is 0 Å². The van der Waals surface area contributed by atoms with Gasteiger partial charge in [-0.3, -0.25) is 0 Å². The molecule has 0 saturated heterocycles. The van der Waals surface area contributed by atoms with E-state index in [1.807, 2.05) is 6.92 Å². The Morgan fingerprint density at radius 1 is 1.50 bits per heavy atom. The molecule has 1 aliphatic rings. The maximum absolute atomic E-state index is 5.74. The van der Waals surface area contributed by atoms with Crippen LogP contribution in [-0.2, 0) is 0 Å². The molecular weight excluding hydrogens is 166 g/mol. The molecule has 1 fully saturated rings. The third-order valence-corrected chi connectivity index (χ3v) is 3.34. The van der Waals surface area contributed by atoms with Crippen molar-refractivity contribution in [2.24, 2.45) is 11.8 Å². The fourth-order valence-electron chi connectivity index (χ4n) is 0.797. The Balaban J connectivity index is 2.45. The Hall–Kier alpha value is 0.870. The lowest BCUT2D eigenvalue weighted by Gasteiger charge is -1.89. The van der Waals surface area contributed by atoms with Crippen LogP contribution in [0.5, 0.6) is 0 Å². The van der Waals surface area contributed by atoms with Gasteiger partial charge in [-0.25, -0.2) is 0 Å². The van der Waals surface area contributed by atoms with Gasteiger partial charge in [0.05, 0.1) is 0 Å². The summed E-state index contributed by atoms with van der Waals surface area (Å²) in [6.45, 7) is 2.01. The highest BCUT2D eigenvalue weighted by Gasteiger charge is 2.59. The van der Waals surface area contributed by atoms with E-state index in [2.05, 4.69) is 0 Å². The zero-order chi connectivity index (χ0) is 6.36. The predicted octanol–water partition coefficient (Wildman–Crippen LogP) is 2.67. The summed E-state index contributed by atoms with van der Waals surface area (Å²) in [4.78, 5) is 0. The Morgan fingerprint density at radius 2 is 1.88 bits per heavy atom. The molecule has 0 N–H and O–H groups in total. The standard InChI is InChI=1S/C5H7Cl3/c1-3-4(2-6)5(3,7)8/h3-4H,2H2,1H3/t3-,4-/m1/s1. The van der Waals surface area contributed by atoms with Gasteiger partial charge in [0.15, 0.2) is 0 Å². The molecule has 0 heterocycles. The van der Waals surface area contributed by atoms with Crippen LogP contribution < -0.4 is 0 Å². The molecule has 0 radical (unpaired) electrons. The van der Waals surface area contributed by atoms with E-state index in [0.29, 0.717) is 17.7 Å². The fourth-order valence-corrected chi connectivity index (χ4v) is 2.18. The number of alkyl halides is 3. The van der Waals surface area contributed by atoms with Gasteiger partial charge >= 0.3 is 0 Å². The molecule has 1 aliphatic carbocycles. The van der Waals surface area contributed by atoms with Gasteiger partial charge in [0.25, 0.3) is 0 Å². The first kappa shape index (κ1) is 6.98. The smallest absolute Gasteiger partial charge is 0.125 e. The molecule has 0 unspecified atom stereocenters. The minimum Gasteiger partial charge on any atom is -0.126 e. The van der Waals surface area contributed by atoms with Gasteiger partial charge < -0.3 is 0 Å². The molecule has 2 atom stereocenters. The lowest BCUT2D eigenvalue weighted by atomic mass is 10.4. The topological polar surface area (TPSA) is 0 Å². The lowest BCUT2D eigenvalue weighted by Crippen LogP contribution is -1.89. The van der Waals surface area contributed by atoms with Crippen LogP contribution in [0.2, 0.25) is 0 Å². The van der Waals surface area contributed by atoms with E-state index in [1.165, 1.54) is 0 Å². The van der Waals surface area contributed by atoms with Crippen LogP contribution in [0.1, 0.15) is 6.92 Å². The van der Waals surface area contributed by atoms with Crippen molar-refractivity contribution in [2.75, 3.05) is 5.88 Å². The first-order chi connectivity index (χ1) is 3.60. The van der Waals surface area contributed by atoms with E-state index in [4.69, 9.17) is 34.8 Å². The first-order valence-electron chi connectivity index (χ1n) is 2.54. The molecule has 0 nitrogen and oxygen atoms in total. The Morgan fingerprint density at radius 3 is 1.88 bits per heavy atom. The third kappa shape index (κ3) is 0.832. The molecule has 48 valence electrons. The zero-order valence-electron chi connectivity index (χ0n) is 4.50. The van der Waals surface area contributed by atoms with E-state index < -0.39 is 4.33 Å².